The van der Waals surface area contributed by atoms with E-state index in [0.717, 1.165) is 25.7 Å². The van der Waals surface area contributed by atoms with Crippen molar-refractivity contribution < 1.29 is 0 Å². The van der Waals surface area contributed by atoms with Gasteiger partial charge >= 0.3 is 0 Å². The Kier molecular flexibility index (Phi) is 4.38. The molecule has 1 unspecified atom stereocenters. The maximum atomic E-state index is 8.88. The highest BCUT2D eigenvalue weighted by Gasteiger charge is 2.43. The van der Waals surface area contributed by atoms with Crippen molar-refractivity contribution in [2.45, 2.75) is 37.5 Å². The van der Waals surface area contributed by atoms with E-state index in [0.29, 0.717) is 6.42 Å². The normalized spacial score (nSPS) is 17.7. The van der Waals surface area contributed by atoms with Crippen molar-refractivity contribution >= 4 is 11.3 Å². The number of pyridine rings is 1. The molecule has 0 bridgehead atoms. The lowest BCUT2D eigenvalue weighted by Crippen LogP contribution is -2.28. The number of hydrogen-bond acceptors (Lipinski definition) is 3. The second-order valence-corrected chi connectivity index (χ2v) is 7.60. The second kappa shape index (κ2) is 6.82. The van der Waals surface area contributed by atoms with E-state index in [1.54, 1.807) is 0 Å². The molecule has 4 rings (SSSR count). The van der Waals surface area contributed by atoms with Crippen molar-refractivity contribution in [2.24, 2.45) is 0 Å². The zero-order valence-corrected chi connectivity index (χ0v) is 14.9. The quantitative estimate of drug-likeness (QED) is 0.535. The predicted molar refractivity (Wildman–Crippen MR) is 103 cm³/mol. The lowest BCUT2D eigenvalue weighted by atomic mass is 9.70. The Labute approximate surface area is 152 Å². The van der Waals surface area contributed by atoms with Gasteiger partial charge in [0, 0.05) is 29.1 Å². The van der Waals surface area contributed by atoms with Crippen LogP contribution < -0.4 is 0 Å². The predicted octanol–water partition coefficient (Wildman–Crippen LogP) is 5.74. The number of nitriles is 1. The summed E-state index contributed by atoms with van der Waals surface area (Å²) in [7, 11) is 0. The molecule has 0 aliphatic heterocycles. The molecule has 0 saturated carbocycles. The first kappa shape index (κ1) is 16.1. The topological polar surface area (TPSA) is 36.7 Å². The van der Waals surface area contributed by atoms with E-state index in [4.69, 9.17) is 5.26 Å². The van der Waals surface area contributed by atoms with Crippen molar-refractivity contribution in [3.05, 3.63) is 76.9 Å². The van der Waals surface area contributed by atoms with Crippen molar-refractivity contribution in [1.29, 1.82) is 5.26 Å². The molecule has 2 heterocycles. The van der Waals surface area contributed by atoms with Gasteiger partial charge in [-0.3, -0.25) is 4.98 Å². The van der Waals surface area contributed by atoms with Gasteiger partial charge in [0.25, 0.3) is 0 Å². The van der Waals surface area contributed by atoms with Gasteiger partial charge in [0.05, 0.1) is 6.07 Å². The molecule has 1 aromatic carbocycles. The molecule has 25 heavy (non-hydrogen) atoms. The molecule has 0 spiro atoms. The fraction of sp³-hybridized carbons (Fsp3) is 0.273. The number of aromatic nitrogens is 1. The first-order valence-electron chi connectivity index (χ1n) is 8.79. The van der Waals surface area contributed by atoms with Gasteiger partial charge in [0.1, 0.15) is 0 Å². The number of nitrogens with zero attached hydrogens (tertiary/aromatic N) is 2. The van der Waals surface area contributed by atoms with Crippen LogP contribution in [-0.4, -0.2) is 4.98 Å². The van der Waals surface area contributed by atoms with Crippen LogP contribution in [-0.2, 0) is 11.8 Å². The Hall–Kier alpha value is -2.44. The van der Waals surface area contributed by atoms with E-state index < -0.39 is 0 Å². The Balaban J connectivity index is 1.79. The first-order chi connectivity index (χ1) is 12.3. The molecule has 0 saturated heterocycles. The molecule has 1 aliphatic carbocycles. The van der Waals surface area contributed by atoms with E-state index in [9.17, 15) is 0 Å². The van der Waals surface area contributed by atoms with Crippen LogP contribution in [0.15, 0.2) is 60.2 Å². The van der Waals surface area contributed by atoms with Gasteiger partial charge in [-0.15, -0.1) is 11.3 Å². The van der Waals surface area contributed by atoms with E-state index >= 15 is 0 Å². The van der Waals surface area contributed by atoms with Crippen LogP contribution in [0.4, 0.5) is 0 Å². The van der Waals surface area contributed by atoms with Crippen LogP contribution >= 0.6 is 11.3 Å². The minimum atomic E-state index is 0.0166. The third-order valence-corrected chi connectivity index (χ3v) is 6.21. The standard InChI is InChI=1S/C22H20N2S/c23-12-5-1-4-11-22(16-17-8-13-24-14-9-17)19-7-3-2-6-18(19)21-20(22)10-15-25-21/h2-3,6-10,13-15H,1,4-5,11,16H2. The largest absolute Gasteiger partial charge is 0.265 e. The van der Waals surface area contributed by atoms with E-state index in [-0.39, 0.29) is 5.41 Å². The lowest BCUT2D eigenvalue weighted by molar-refractivity contribution is 0.455. The average Bonchev–Trinajstić information content (AvgIpc) is 3.23. The number of fused-ring (bicyclic) bond motifs is 3. The van der Waals surface area contributed by atoms with Crippen LogP contribution in [0.3, 0.4) is 0 Å². The van der Waals surface area contributed by atoms with E-state index in [2.05, 4.69) is 58.9 Å². The van der Waals surface area contributed by atoms with Crippen LogP contribution in [0, 0.1) is 11.3 Å². The average molecular weight is 344 g/mol. The van der Waals surface area contributed by atoms with Crippen LogP contribution in [0.2, 0.25) is 0 Å². The number of rotatable bonds is 6. The first-order valence-corrected chi connectivity index (χ1v) is 9.67. The third kappa shape index (κ3) is 2.77. The van der Waals surface area contributed by atoms with E-state index in [1.165, 1.54) is 27.1 Å². The smallest absolute Gasteiger partial charge is 0.0621 e. The summed E-state index contributed by atoms with van der Waals surface area (Å²) >= 11 is 1.85. The fourth-order valence-electron chi connectivity index (χ4n) is 4.17. The summed E-state index contributed by atoms with van der Waals surface area (Å²) in [6.07, 6.45) is 8.52. The zero-order valence-electron chi connectivity index (χ0n) is 14.1. The minimum absolute atomic E-state index is 0.0166. The summed E-state index contributed by atoms with van der Waals surface area (Å²) in [6, 6.07) is 17.7. The second-order valence-electron chi connectivity index (χ2n) is 6.69. The Morgan fingerprint density at radius 1 is 1.00 bits per heavy atom. The molecule has 2 aromatic heterocycles. The van der Waals surface area contributed by atoms with Crippen LogP contribution in [0.25, 0.3) is 10.4 Å². The minimum Gasteiger partial charge on any atom is -0.265 e. The van der Waals surface area contributed by atoms with Gasteiger partial charge in [0.2, 0.25) is 0 Å². The van der Waals surface area contributed by atoms with Gasteiger partial charge in [-0.2, -0.15) is 5.26 Å². The third-order valence-electron chi connectivity index (χ3n) is 5.27. The molecule has 0 radical (unpaired) electrons. The summed E-state index contributed by atoms with van der Waals surface area (Å²) in [5.41, 5.74) is 5.65. The van der Waals surface area contributed by atoms with Gasteiger partial charge in [-0.1, -0.05) is 30.7 Å². The molecule has 3 aromatic rings. The van der Waals surface area contributed by atoms with Crippen molar-refractivity contribution in [3.8, 4) is 16.5 Å². The summed E-state index contributed by atoms with van der Waals surface area (Å²) in [4.78, 5) is 5.60. The van der Waals surface area contributed by atoms with Crippen LogP contribution in [0.1, 0.15) is 42.4 Å². The van der Waals surface area contributed by atoms with Crippen molar-refractivity contribution in [1.82, 2.24) is 4.98 Å². The monoisotopic (exact) mass is 344 g/mol. The number of unbranched alkanes of at least 4 members (excludes halogenated alkanes) is 2. The fourth-order valence-corrected chi connectivity index (χ4v) is 5.20. The molecule has 1 atom stereocenters. The molecular formula is C22H20N2S. The molecule has 2 nitrogen and oxygen atoms in total. The molecule has 0 fully saturated rings. The van der Waals surface area contributed by atoms with Crippen LogP contribution in [0.5, 0.6) is 0 Å². The van der Waals surface area contributed by atoms with Gasteiger partial charge < -0.3 is 0 Å². The molecule has 124 valence electrons. The Bertz CT molecular complexity index is 907. The highest BCUT2D eigenvalue weighted by molar-refractivity contribution is 7.14. The van der Waals surface area contributed by atoms with Gasteiger partial charge in [0.15, 0.2) is 0 Å². The number of hydrogen-bond donors (Lipinski definition) is 0. The molecule has 0 amide bonds. The summed E-state index contributed by atoms with van der Waals surface area (Å²) < 4.78 is 0. The molecule has 0 N–H and O–H groups in total. The summed E-state index contributed by atoms with van der Waals surface area (Å²) in [5.74, 6) is 0. The highest BCUT2D eigenvalue weighted by Crippen LogP contribution is 2.55. The Morgan fingerprint density at radius 2 is 1.84 bits per heavy atom. The summed E-state index contributed by atoms with van der Waals surface area (Å²) in [6.45, 7) is 0. The highest BCUT2D eigenvalue weighted by atomic mass is 32.1. The maximum absolute atomic E-state index is 8.88. The number of thiophene rings is 1. The summed E-state index contributed by atoms with van der Waals surface area (Å²) in [5, 5.41) is 11.1. The molecule has 3 heteroatoms. The molecular weight excluding hydrogens is 324 g/mol. The SMILES string of the molecule is N#CCCCCC1(Cc2ccncc2)c2ccccc2-c2sccc21. The molecule has 1 aliphatic rings. The van der Waals surface area contributed by atoms with E-state index in [1.807, 2.05) is 23.7 Å². The maximum Gasteiger partial charge on any atom is 0.0621 e. The Morgan fingerprint density at radius 3 is 2.68 bits per heavy atom. The lowest BCUT2D eigenvalue weighted by Gasteiger charge is -2.32. The number of benzene rings is 1. The van der Waals surface area contributed by atoms with Crippen molar-refractivity contribution in [2.75, 3.05) is 0 Å². The van der Waals surface area contributed by atoms with Gasteiger partial charge in [-0.05, 0) is 65.1 Å². The zero-order chi connectivity index (χ0) is 17.1. The van der Waals surface area contributed by atoms with Gasteiger partial charge in [-0.25, -0.2) is 0 Å². The van der Waals surface area contributed by atoms with Crippen molar-refractivity contribution in [3.63, 3.8) is 0 Å².